The van der Waals surface area contributed by atoms with Gasteiger partial charge in [0.25, 0.3) is 0 Å². The number of hydrogen-bond acceptors (Lipinski definition) is 2. The van der Waals surface area contributed by atoms with E-state index in [1.54, 1.807) is 0 Å². The molecule has 0 aromatic heterocycles. The van der Waals surface area contributed by atoms with Crippen LogP contribution in [0.5, 0.6) is 0 Å². The second kappa shape index (κ2) is 14.1. The fourth-order valence-corrected chi connectivity index (χ4v) is 4.43. The van der Waals surface area contributed by atoms with Crippen molar-refractivity contribution >= 4 is 8.32 Å². The first kappa shape index (κ1) is 20.1. The molecule has 2 N–H and O–H groups in total. The van der Waals surface area contributed by atoms with Gasteiger partial charge in [-0.25, -0.2) is 0 Å². The summed E-state index contributed by atoms with van der Waals surface area (Å²) < 4.78 is 6.09. The summed E-state index contributed by atoms with van der Waals surface area (Å²) in [5, 5.41) is 0. The molecular weight excluding hydrogens is 262 g/mol. The topological polar surface area (TPSA) is 35.2 Å². The van der Waals surface area contributed by atoms with E-state index in [0.29, 0.717) is 0 Å². The molecule has 122 valence electrons. The molecule has 0 aromatic rings. The van der Waals surface area contributed by atoms with Gasteiger partial charge < -0.3 is 10.2 Å². The number of hydrogen-bond donors (Lipinski definition) is 1. The van der Waals surface area contributed by atoms with Crippen molar-refractivity contribution in [2.45, 2.75) is 96.7 Å². The average molecular weight is 302 g/mol. The smallest absolute Gasteiger partial charge is 0.186 e. The molecule has 0 amide bonds. The van der Waals surface area contributed by atoms with Crippen molar-refractivity contribution in [3.8, 4) is 0 Å². The van der Waals surface area contributed by atoms with Crippen LogP contribution in [0.1, 0.15) is 77.6 Å². The second-order valence-corrected chi connectivity index (χ2v) is 11.0. The molecule has 0 aliphatic heterocycles. The molecule has 3 heteroatoms. The van der Waals surface area contributed by atoms with Gasteiger partial charge in [0, 0.05) is 6.61 Å². The normalized spacial score (nSPS) is 12.0. The predicted octanol–water partition coefficient (Wildman–Crippen LogP) is 5.48. The molecule has 0 saturated carbocycles. The summed E-state index contributed by atoms with van der Waals surface area (Å²) in [5.74, 6) is 0. The molecule has 0 aliphatic carbocycles. The van der Waals surface area contributed by atoms with Gasteiger partial charge in [-0.2, -0.15) is 0 Å². The van der Waals surface area contributed by atoms with Gasteiger partial charge >= 0.3 is 0 Å². The van der Waals surface area contributed by atoms with Crippen LogP contribution >= 0.6 is 0 Å². The lowest BCUT2D eigenvalue weighted by atomic mass is 10.1. The van der Waals surface area contributed by atoms with Crippen molar-refractivity contribution < 1.29 is 4.43 Å². The Labute approximate surface area is 129 Å². The molecular formula is C17H39NOSi. The van der Waals surface area contributed by atoms with Crippen LogP contribution in [0.4, 0.5) is 0 Å². The van der Waals surface area contributed by atoms with Crippen LogP contribution in [0.25, 0.3) is 0 Å². The third-order valence-electron chi connectivity index (χ3n) is 3.97. The van der Waals surface area contributed by atoms with Crippen LogP contribution in [-0.4, -0.2) is 21.5 Å². The molecule has 0 unspecified atom stereocenters. The Morgan fingerprint density at radius 2 is 1.25 bits per heavy atom. The quantitative estimate of drug-likeness (QED) is 0.321. The molecule has 0 spiro atoms. The number of unbranched alkanes of at least 4 members (excludes halogenated alkanes) is 9. The third kappa shape index (κ3) is 14.5. The lowest BCUT2D eigenvalue weighted by molar-refractivity contribution is 0.293. The van der Waals surface area contributed by atoms with E-state index in [0.717, 1.165) is 19.6 Å². The van der Waals surface area contributed by atoms with Crippen molar-refractivity contribution in [3.63, 3.8) is 0 Å². The van der Waals surface area contributed by atoms with Gasteiger partial charge in [-0.15, -0.1) is 0 Å². The summed E-state index contributed by atoms with van der Waals surface area (Å²) >= 11 is 0. The molecule has 0 atom stereocenters. The fourth-order valence-electron chi connectivity index (χ4n) is 2.54. The first-order chi connectivity index (χ1) is 9.62. The lowest BCUT2D eigenvalue weighted by Crippen LogP contribution is -2.31. The second-order valence-electron chi connectivity index (χ2n) is 6.68. The molecule has 0 aromatic carbocycles. The summed E-state index contributed by atoms with van der Waals surface area (Å²) in [6.07, 6.45) is 15.0. The van der Waals surface area contributed by atoms with Gasteiger partial charge in [-0.05, 0) is 38.5 Å². The van der Waals surface area contributed by atoms with E-state index in [-0.39, 0.29) is 0 Å². The van der Waals surface area contributed by atoms with E-state index in [2.05, 4.69) is 20.0 Å². The zero-order valence-electron chi connectivity index (χ0n) is 14.4. The molecule has 0 aliphatic rings. The fraction of sp³-hybridized carbons (Fsp3) is 1.00. The summed E-state index contributed by atoms with van der Waals surface area (Å²) in [6.45, 7) is 8.69. The molecule has 0 rings (SSSR count). The first-order valence-corrected chi connectivity index (χ1v) is 12.1. The molecule has 2 nitrogen and oxygen atoms in total. The number of rotatable bonds is 15. The van der Waals surface area contributed by atoms with Crippen molar-refractivity contribution in [1.29, 1.82) is 0 Å². The van der Waals surface area contributed by atoms with Crippen molar-refractivity contribution in [3.05, 3.63) is 0 Å². The Bertz CT molecular complexity index is 197. The van der Waals surface area contributed by atoms with E-state index in [1.807, 2.05) is 0 Å². The van der Waals surface area contributed by atoms with E-state index >= 15 is 0 Å². The minimum Gasteiger partial charge on any atom is -0.417 e. The lowest BCUT2D eigenvalue weighted by Gasteiger charge is -2.22. The minimum atomic E-state index is -1.40. The first-order valence-electron chi connectivity index (χ1n) is 8.96. The maximum atomic E-state index is 6.09. The Balaban J connectivity index is 3.20. The average Bonchev–Trinajstić information content (AvgIpc) is 2.42. The molecule has 0 bridgehead atoms. The van der Waals surface area contributed by atoms with E-state index in [1.165, 1.54) is 70.3 Å². The Morgan fingerprint density at radius 3 is 1.75 bits per heavy atom. The van der Waals surface area contributed by atoms with Crippen molar-refractivity contribution in [2.75, 3.05) is 13.2 Å². The van der Waals surface area contributed by atoms with Gasteiger partial charge in [0.1, 0.15) is 0 Å². The predicted molar refractivity (Wildman–Crippen MR) is 93.8 cm³/mol. The van der Waals surface area contributed by atoms with E-state index in [9.17, 15) is 0 Å². The van der Waals surface area contributed by atoms with E-state index in [4.69, 9.17) is 10.2 Å². The maximum Gasteiger partial charge on any atom is 0.186 e. The Hall–Kier alpha value is 0.137. The number of nitrogens with two attached hydrogens (primary N) is 1. The van der Waals surface area contributed by atoms with Crippen LogP contribution < -0.4 is 5.73 Å². The van der Waals surface area contributed by atoms with Gasteiger partial charge in [-0.1, -0.05) is 64.7 Å². The van der Waals surface area contributed by atoms with Crippen LogP contribution in [0.2, 0.25) is 19.1 Å². The molecule has 0 radical (unpaired) electrons. The summed E-state index contributed by atoms with van der Waals surface area (Å²) in [4.78, 5) is 0. The third-order valence-corrected chi connectivity index (χ3v) is 6.52. The van der Waals surface area contributed by atoms with Crippen LogP contribution in [0.3, 0.4) is 0 Å². The zero-order valence-corrected chi connectivity index (χ0v) is 15.4. The van der Waals surface area contributed by atoms with Gasteiger partial charge in [0.05, 0.1) is 0 Å². The zero-order chi connectivity index (χ0) is 15.1. The van der Waals surface area contributed by atoms with Gasteiger partial charge in [-0.3, -0.25) is 0 Å². The van der Waals surface area contributed by atoms with Crippen LogP contribution in [0.15, 0.2) is 0 Å². The molecule has 0 heterocycles. The SMILES string of the molecule is CCCCCCCCCCCCO[Si](C)(C)CCCN. The summed E-state index contributed by atoms with van der Waals surface area (Å²) in [5.41, 5.74) is 5.56. The molecule has 0 saturated heterocycles. The Kier molecular flexibility index (Phi) is 14.2. The summed E-state index contributed by atoms with van der Waals surface area (Å²) in [7, 11) is -1.40. The monoisotopic (exact) mass is 301 g/mol. The molecule has 0 fully saturated rings. The Morgan fingerprint density at radius 1 is 0.750 bits per heavy atom. The maximum absolute atomic E-state index is 6.09. The van der Waals surface area contributed by atoms with Crippen LogP contribution in [-0.2, 0) is 4.43 Å². The highest BCUT2D eigenvalue weighted by Crippen LogP contribution is 2.15. The minimum absolute atomic E-state index is 0.804. The largest absolute Gasteiger partial charge is 0.417 e. The summed E-state index contributed by atoms with van der Waals surface area (Å²) in [6, 6.07) is 1.21. The molecule has 20 heavy (non-hydrogen) atoms. The highest BCUT2D eigenvalue weighted by Gasteiger charge is 2.20. The van der Waals surface area contributed by atoms with Crippen LogP contribution in [0, 0.1) is 0 Å². The van der Waals surface area contributed by atoms with E-state index < -0.39 is 8.32 Å². The highest BCUT2D eigenvalue weighted by molar-refractivity contribution is 6.71. The van der Waals surface area contributed by atoms with Gasteiger partial charge in [0.15, 0.2) is 8.32 Å². The van der Waals surface area contributed by atoms with Crippen molar-refractivity contribution in [2.24, 2.45) is 5.73 Å². The van der Waals surface area contributed by atoms with Gasteiger partial charge in [0.2, 0.25) is 0 Å². The standard InChI is InChI=1S/C17H39NOSi/c1-4-5-6-7-8-9-10-11-12-13-16-19-20(2,3)17-14-15-18/h4-18H2,1-3H3. The van der Waals surface area contributed by atoms with Crippen molar-refractivity contribution in [1.82, 2.24) is 0 Å². The highest BCUT2D eigenvalue weighted by atomic mass is 28.4.